The van der Waals surface area contributed by atoms with Crippen molar-refractivity contribution in [1.29, 1.82) is 0 Å². The fourth-order valence-corrected chi connectivity index (χ4v) is 3.19. The van der Waals surface area contributed by atoms with Crippen molar-refractivity contribution in [3.8, 4) is 0 Å². The molecule has 3 rings (SSSR count). The van der Waals surface area contributed by atoms with Crippen molar-refractivity contribution in [2.24, 2.45) is 0 Å². The Morgan fingerprint density at radius 2 is 1.00 bits per heavy atom. The predicted molar refractivity (Wildman–Crippen MR) is 93.3 cm³/mol. The van der Waals surface area contributed by atoms with Crippen molar-refractivity contribution in [2.75, 3.05) is 0 Å². The molecule has 23 heavy (non-hydrogen) atoms. The second-order valence-electron chi connectivity index (χ2n) is 5.07. The first-order chi connectivity index (χ1) is 10.7. The normalized spacial score (nSPS) is 10.2. The van der Waals surface area contributed by atoms with Crippen LogP contribution in [-0.4, -0.2) is 0 Å². The Hall–Kier alpha value is -1.04. The molecule has 0 aliphatic carbocycles. The summed E-state index contributed by atoms with van der Waals surface area (Å²) in [5, 5.41) is 0. The van der Waals surface area contributed by atoms with E-state index in [2.05, 4.69) is 102 Å². The largest absolute Gasteiger partial charge is 1.00 e. The van der Waals surface area contributed by atoms with E-state index in [1.165, 1.54) is 11.1 Å². The molecule has 0 N–H and O–H groups in total. The molecule has 2 nitrogen and oxygen atoms in total. The third-order valence-corrected chi connectivity index (χ3v) is 5.01. The van der Waals surface area contributed by atoms with Crippen LogP contribution in [0.5, 0.6) is 0 Å². The minimum Gasteiger partial charge on any atom is -1.00 e. The summed E-state index contributed by atoms with van der Waals surface area (Å²) >= 11 is 7.21. The van der Waals surface area contributed by atoms with E-state index >= 15 is 0 Å². The number of pyridine rings is 2. The van der Waals surface area contributed by atoms with Gasteiger partial charge in [0, 0.05) is 67.3 Å². The molecule has 0 spiro atoms. The lowest BCUT2D eigenvalue weighted by Gasteiger charge is -2.06. The highest BCUT2D eigenvalue weighted by molar-refractivity contribution is 9.10. The van der Waals surface area contributed by atoms with Crippen molar-refractivity contribution >= 4 is 31.9 Å². The maximum Gasteiger partial charge on any atom is 0.248 e. The Morgan fingerprint density at radius 1 is 0.609 bits per heavy atom. The van der Waals surface area contributed by atoms with Gasteiger partial charge in [-0.05, 0) is 12.1 Å². The second-order valence-corrected chi connectivity index (χ2v) is 6.70. The molecule has 0 bridgehead atoms. The van der Waals surface area contributed by atoms with Crippen LogP contribution in [0.4, 0.5) is 0 Å². The van der Waals surface area contributed by atoms with E-state index in [0.29, 0.717) is 0 Å². The molecule has 2 aromatic heterocycles. The van der Waals surface area contributed by atoms with E-state index in [9.17, 15) is 0 Å². The summed E-state index contributed by atoms with van der Waals surface area (Å²) in [6, 6.07) is 20.9. The van der Waals surface area contributed by atoms with Crippen LogP contribution in [0.15, 0.2) is 82.3 Å². The molecule has 0 fully saturated rings. The molecular formula is C18H16Br3N2+. The van der Waals surface area contributed by atoms with Crippen molar-refractivity contribution in [3.05, 3.63) is 93.4 Å². The smallest absolute Gasteiger partial charge is 0.248 e. The van der Waals surface area contributed by atoms with Gasteiger partial charge in [0.15, 0.2) is 25.5 Å². The quantitative estimate of drug-likeness (QED) is 0.372. The molecular weight excluding hydrogens is 484 g/mol. The van der Waals surface area contributed by atoms with Crippen LogP contribution < -0.4 is 26.1 Å². The molecule has 0 aliphatic heterocycles. The lowest BCUT2D eigenvalue weighted by molar-refractivity contribution is -0.704. The van der Waals surface area contributed by atoms with Gasteiger partial charge < -0.3 is 17.0 Å². The zero-order chi connectivity index (χ0) is 15.4. The summed E-state index contributed by atoms with van der Waals surface area (Å²) < 4.78 is 6.56. The minimum atomic E-state index is 0. The Bertz CT molecular complexity index is 724. The average Bonchev–Trinajstić information content (AvgIpc) is 2.53. The van der Waals surface area contributed by atoms with Crippen molar-refractivity contribution in [2.45, 2.75) is 13.1 Å². The summed E-state index contributed by atoms with van der Waals surface area (Å²) in [5.74, 6) is 0. The van der Waals surface area contributed by atoms with Gasteiger partial charge in [0.05, 0.1) is 0 Å². The fraction of sp³-hybridized carbons (Fsp3) is 0.111. The SMILES string of the molecule is Brc1cccc[n+]1Cc1ccccc1C[n+]1ccccc1Br.[Br-]. The summed E-state index contributed by atoms with van der Waals surface area (Å²) in [7, 11) is 0. The highest BCUT2D eigenvalue weighted by Gasteiger charge is 2.14. The molecule has 0 radical (unpaired) electrons. The van der Waals surface area contributed by atoms with Gasteiger partial charge in [-0.2, -0.15) is 9.13 Å². The topological polar surface area (TPSA) is 7.76 Å². The Balaban J connectivity index is 0.00000192. The first kappa shape index (κ1) is 18.3. The highest BCUT2D eigenvalue weighted by Crippen LogP contribution is 2.11. The van der Waals surface area contributed by atoms with Gasteiger partial charge in [0.1, 0.15) is 0 Å². The number of aromatic nitrogens is 2. The molecule has 0 saturated heterocycles. The molecule has 2 heterocycles. The lowest BCUT2D eigenvalue weighted by Crippen LogP contribution is -3.00. The van der Waals surface area contributed by atoms with E-state index in [1.807, 2.05) is 12.1 Å². The number of hydrogen-bond acceptors (Lipinski definition) is 0. The molecule has 0 aliphatic rings. The molecule has 0 atom stereocenters. The molecule has 0 unspecified atom stereocenters. The number of rotatable bonds is 4. The predicted octanol–water partition coefficient (Wildman–Crippen LogP) is 0.887. The van der Waals surface area contributed by atoms with Gasteiger partial charge in [-0.15, -0.1) is 0 Å². The average molecular weight is 500 g/mol. The minimum absolute atomic E-state index is 0. The van der Waals surface area contributed by atoms with Gasteiger partial charge in [0.25, 0.3) is 0 Å². The molecule has 5 heteroatoms. The number of halogens is 3. The lowest BCUT2D eigenvalue weighted by atomic mass is 10.1. The summed E-state index contributed by atoms with van der Waals surface area (Å²) in [5.41, 5.74) is 2.64. The molecule has 1 aromatic carbocycles. The first-order valence-electron chi connectivity index (χ1n) is 7.09. The zero-order valence-corrected chi connectivity index (χ0v) is 17.1. The fourth-order valence-electron chi connectivity index (χ4n) is 2.40. The van der Waals surface area contributed by atoms with Crippen LogP contribution in [0.3, 0.4) is 0 Å². The standard InChI is InChI=1S/C18H16Br2N2.BrH/c19-17-9-3-5-11-21(17)13-15-7-1-2-8-16(15)14-22-12-6-4-10-18(22)20;/h1-12H,13-14H2;1H/q+2;/p-1. The molecule has 0 amide bonds. The van der Waals surface area contributed by atoms with E-state index in [1.54, 1.807) is 0 Å². The molecule has 3 aromatic rings. The van der Waals surface area contributed by atoms with E-state index < -0.39 is 0 Å². The van der Waals surface area contributed by atoms with Crippen LogP contribution in [0.25, 0.3) is 0 Å². The van der Waals surface area contributed by atoms with Gasteiger partial charge in [-0.3, -0.25) is 0 Å². The summed E-state index contributed by atoms with van der Waals surface area (Å²) in [6.45, 7) is 1.70. The Labute approximate surface area is 163 Å². The van der Waals surface area contributed by atoms with Crippen LogP contribution in [0.2, 0.25) is 0 Å². The van der Waals surface area contributed by atoms with E-state index in [-0.39, 0.29) is 17.0 Å². The van der Waals surface area contributed by atoms with Crippen molar-refractivity contribution in [1.82, 2.24) is 0 Å². The summed E-state index contributed by atoms with van der Waals surface area (Å²) in [4.78, 5) is 0. The van der Waals surface area contributed by atoms with Gasteiger partial charge >= 0.3 is 0 Å². The van der Waals surface area contributed by atoms with Crippen LogP contribution >= 0.6 is 31.9 Å². The van der Waals surface area contributed by atoms with Gasteiger partial charge in [-0.25, -0.2) is 0 Å². The maximum atomic E-state index is 3.61. The van der Waals surface area contributed by atoms with Gasteiger partial charge in [0.2, 0.25) is 9.21 Å². The number of nitrogens with zero attached hydrogens (tertiary/aromatic N) is 2. The monoisotopic (exact) mass is 497 g/mol. The number of benzene rings is 1. The Morgan fingerprint density at radius 3 is 1.39 bits per heavy atom. The highest BCUT2D eigenvalue weighted by atomic mass is 79.9. The Kier molecular flexibility index (Phi) is 6.93. The first-order valence-corrected chi connectivity index (χ1v) is 8.67. The third-order valence-electron chi connectivity index (χ3n) is 3.57. The van der Waals surface area contributed by atoms with E-state index in [4.69, 9.17) is 0 Å². The number of hydrogen-bond donors (Lipinski definition) is 0. The van der Waals surface area contributed by atoms with Gasteiger partial charge in [-0.1, -0.05) is 24.3 Å². The van der Waals surface area contributed by atoms with Crippen molar-refractivity contribution in [3.63, 3.8) is 0 Å². The maximum absolute atomic E-state index is 3.61. The third kappa shape index (κ3) is 4.72. The van der Waals surface area contributed by atoms with Crippen LogP contribution in [0, 0.1) is 0 Å². The summed E-state index contributed by atoms with van der Waals surface area (Å²) in [6.07, 6.45) is 4.18. The van der Waals surface area contributed by atoms with Crippen molar-refractivity contribution < 1.29 is 26.1 Å². The molecule has 0 saturated carbocycles. The second kappa shape index (κ2) is 8.71. The zero-order valence-electron chi connectivity index (χ0n) is 12.4. The molecule has 118 valence electrons. The van der Waals surface area contributed by atoms with Crippen LogP contribution in [-0.2, 0) is 13.1 Å². The van der Waals surface area contributed by atoms with Crippen LogP contribution in [0.1, 0.15) is 11.1 Å². The van der Waals surface area contributed by atoms with E-state index in [0.717, 1.165) is 22.3 Å².